The van der Waals surface area contributed by atoms with Gasteiger partial charge in [-0.3, -0.25) is 9.59 Å². The predicted octanol–water partition coefficient (Wildman–Crippen LogP) is 1.97. The van der Waals surface area contributed by atoms with Crippen LogP contribution in [0.4, 0.5) is 5.69 Å². The molecule has 0 bridgehead atoms. The molecule has 0 saturated heterocycles. The molecule has 1 aromatic heterocycles. The van der Waals surface area contributed by atoms with Gasteiger partial charge in [-0.05, 0) is 43.7 Å². The Morgan fingerprint density at radius 3 is 2.61 bits per heavy atom. The van der Waals surface area contributed by atoms with E-state index >= 15 is 0 Å². The predicted molar refractivity (Wildman–Crippen MR) is 86.3 cm³/mol. The standard InChI is InChI=1S/C17H17N3O3/c1-11-8-16(21)20(3)10-15(11)19-17(22)12(2)23-14-6-4-13(9-18)5-7-14/h4-8,10,12H,1-3H3,(H,19,22). The zero-order chi connectivity index (χ0) is 17.0. The highest BCUT2D eigenvalue weighted by Crippen LogP contribution is 2.15. The average Bonchev–Trinajstić information content (AvgIpc) is 2.53. The molecule has 1 atom stereocenters. The van der Waals surface area contributed by atoms with Gasteiger partial charge in [0.15, 0.2) is 6.10 Å². The van der Waals surface area contributed by atoms with Crippen molar-refractivity contribution < 1.29 is 9.53 Å². The summed E-state index contributed by atoms with van der Waals surface area (Å²) >= 11 is 0. The summed E-state index contributed by atoms with van der Waals surface area (Å²) in [5.41, 5.74) is 1.64. The number of anilines is 1. The normalized spacial score (nSPS) is 11.4. The molecule has 0 aliphatic rings. The smallest absolute Gasteiger partial charge is 0.265 e. The number of nitrogens with one attached hydrogen (secondary N) is 1. The van der Waals surface area contributed by atoms with E-state index in [9.17, 15) is 9.59 Å². The third-order valence-corrected chi connectivity index (χ3v) is 3.36. The van der Waals surface area contributed by atoms with Crippen molar-refractivity contribution >= 4 is 11.6 Å². The molecule has 118 valence electrons. The lowest BCUT2D eigenvalue weighted by atomic mass is 10.2. The van der Waals surface area contributed by atoms with Crippen molar-refractivity contribution in [3.8, 4) is 11.8 Å². The second-order valence-corrected chi connectivity index (χ2v) is 5.20. The van der Waals surface area contributed by atoms with Gasteiger partial charge in [-0.25, -0.2) is 0 Å². The van der Waals surface area contributed by atoms with Gasteiger partial charge in [0.2, 0.25) is 0 Å². The van der Waals surface area contributed by atoms with Gasteiger partial charge < -0.3 is 14.6 Å². The summed E-state index contributed by atoms with van der Waals surface area (Å²) in [6.07, 6.45) is 0.851. The van der Waals surface area contributed by atoms with Crippen LogP contribution < -0.4 is 15.6 Å². The van der Waals surface area contributed by atoms with E-state index in [1.807, 2.05) is 6.07 Å². The Bertz CT molecular complexity index is 816. The minimum absolute atomic E-state index is 0.137. The maximum atomic E-state index is 12.2. The van der Waals surface area contributed by atoms with E-state index in [1.165, 1.54) is 10.6 Å². The number of carbonyl (C=O) groups is 1. The first-order chi connectivity index (χ1) is 10.9. The molecule has 1 N–H and O–H groups in total. The van der Waals surface area contributed by atoms with Gasteiger partial charge in [0.05, 0.1) is 17.3 Å². The number of hydrogen-bond donors (Lipinski definition) is 1. The number of hydrogen-bond acceptors (Lipinski definition) is 4. The minimum atomic E-state index is -0.723. The van der Waals surface area contributed by atoms with E-state index in [4.69, 9.17) is 10.00 Å². The van der Waals surface area contributed by atoms with Crippen LogP contribution in [0.15, 0.2) is 41.3 Å². The number of nitrogens with zero attached hydrogens (tertiary/aromatic N) is 2. The number of pyridine rings is 1. The molecule has 6 heteroatoms. The number of rotatable bonds is 4. The SMILES string of the molecule is Cc1cc(=O)n(C)cc1NC(=O)C(C)Oc1ccc(C#N)cc1. The molecule has 0 radical (unpaired) electrons. The summed E-state index contributed by atoms with van der Waals surface area (Å²) in [4.78, 5) is 23.7. The van der Waals surface area contributed by atoms with Gasteiger partial charge in [0.1, 0.15) is 5.75 Å². The van der Waals surface area contributed by atoms with Crippen molar-refractivity contribution in [3.63, 3.8) is 0 Å². The first-order valence-electron chi connectivity index (χ1n) is 7.05. The lowest BCUT2D eigenvalue weighted by molar-refractivity contribution is -0.122. The highest BCUT2D eigenvalue weighted by atomic mass is 16.5. The number of amides is 1. The van der Waals surface area contributed by atoms with Crippen LogP contribution in [0.2, 0.25) is 0 Å². The van der Waals surface area contributed by atoms with Gasteiger partial charge >= 0.3 is 0 Å². The minimum Gasteiger partial charge on any atom is -0.481 e. The van der Waals surface area contributed by atoms with E-state index in [0.717, 1.165) is 0 Å². The van der Waals surface area contributed by atoms with E-state index in [2.05, 4.69) is 5.32 Å². The number of benzene rings is 1. The van der Waals surface area contributed by atoms with Crippen LogP contribution in [0.1, 0.15) is 18.1 Å². The fraction of sp³-hybridized carbons (Fsp3) is 0.235. The summed E-state index contributed by atoms with van der Waals surface area (Å²) in [6, 6.07) is 10.00. The van der Waals surface area contributed by atoms with Gasteiger partial charge in [-0.15, -0.1) is 0 Å². The number of carbonyl (C=O) groups excluding carboxylic acids is 1. The Hall–Kier alpha value is -3.07. The fourth-order valence-corrected chi connectivity index (χ4v) is 1.95. The van der Waals surface area contributed by atoms with Gasteiger partial charge in [0.25, 0.3) is 11.5 Å². The van der Waals surface area contributed by atoms with Crippen LogP contribution in [0, 0.1) is 18.3 Å². The monoisotopic (exact) mass is 311 g/mol. The Balaban J connectivity index is 2.06. The Morgan fingerprint density at radius 1 is 1.35 bits per heavy atom. The molecule has 6 nitrogen and oxygen atoms in total. The van der Waals surface area contributed by atoms with Crippen molar-refractivity contribution in [1.82, 2.24) is 4.57 Å². The number of aromatic nitrogens is 1. The van der Waals surface area contributed by atoms with E-state index in [0.29, 0.717) is 22.6 Å². The molecule has 0 saturated carbocycles. The van der Waals surface area contributed by atoms with Gasteiger partial charge in [-0.1, -0.05) is 0 Å². The zero-order valence-corrected chi connectivity index (χ0v) is 13.2. The topological polar surface area (TPSA) is 84.1 Å². The molecule has 1 heterocycles. The maximum absolute atomic E-state index is 12.2. The lowest BCUT2D eigenvalue weighted by Crippen LogP contribution is -2.31. The van der Waals surface area contributed by atoms with Crippen LogP contribution in [0.25, 0.3) is 0 Å². The molecule has 1 unspecified atom stereocenters. The maximum Gasteiger partial charge on any atom is 0.265 e. The second-order valence-electron chi connectivity index (χ2n) is 5.20. The van der Waals surface area contributed by atoms with Crippen molar-refractivity contribution in [2.24, 2.45) is 7.05 Å². The molecule has 0 aliphatic carbocycles. The molecule has 0 fully saturated rings. The van der Waals surface area contributed by atoms with Crippen molar-refractivity contribution in [3.05, 3.63) is 58.0 Å². The Kier molecular flexibility index (Phi) is 4.82. The van der Waals surface area contributed by atoms with Crippen molar-refractivity contribution in [2.75, 3.05) is 5.32 Å². The summed E-state index contributed by atoms with van der Waals surface area (Å²) < 4.78 is 6.95. The third kappa shape index (κ3) is 3.98. The van der Waals surface area contributed by atoms with Gasteiger partial charge in [-0.2, -0.15) is 5.26 Å². The van der Waals surface area contributed by atoms with Crippen LogP contribution >= 0.6 is 0 Å². The molecule has 1 amide bonds. The lowest BCUT2D eigenvalue weighted by Gasteiger charge is -2.16. The summed E-state index contributed by atoms with van der Waals surface area (Å²) in [6.45, 7) is 3.38. The zero-order valence-electron chi connectivity index (χ0n) is 13.2. The van der Waals surface area contributed by atoms with Crippen LogP contribution in [-0.2, 0) is 11.8 Å². The molecule has 23 heavy (non-hydrogen) atoms. The summed E-state index contributed by atoms with van der Waals surface area (Å²) in [5, 5.41) is 11.5. The molecular formula is C17H17N3O3. The molecule has 1 aromatic carbocycles. The first kappa shape index (κ1) is 16.3. The summed E-state index contributed by atoms with van der Waals surface area (Å²) in [5.74, 6) is 0.181. The largest absolute Gasteiger partial charge is 0.481 e. The molecule has 2 rings (SSSR count). The van der Waals surface area contributed by atoms with Crippen LogP contribution in [0.5, 0.6) is 5.75 Å². The average molecular weight is 311 g/mol. The fourth-order valence-electron chi connectivity index (χ4n) is 1.95. The second kappa shape index (κ2) is 6.79. The molecular weight excluding hydrogens is 294 g/mol. The van der Waals surface area contributed by atoms with E-state index in [1.54, 1.807) is 51.4 Å². The molecule has 0 aliphatic heterocycles. The van der Waals surface area contributed by atoms with Crippen LogP contribution in [-0.4, -0.2) is 16.6 Å². The highest BCUT2D eigenvalue weighted by molar-refractivity contribution is 5.94. The van der Waals surface area contributed by atoms with Crippen molar-refractivity contribution in [1.29, 1.82) is 5.26 Å². The number of nitriles is 1. The number of aryl methyl sites for hydroxylation is 2. The summed E-state index contributed by atoms with van der Waals surface area (Å²) in [7, 11) is 1.62. The van der Waals surface area contributed by atoms with E-state index in [-0.39, 0.29) is 11.5 Å². The Morgan fingerprint density at radius 2 is 2.00 bits per heavy atom. The molecule has 0 spiro atoms. The first-order valence-corrected chi connectivity index (χ1v) is 7.05. The van der Waals surface area contributed by atoms with Gasteiger partial charge in [0, 0.05) is 19.3 Å². The third-order valence-electron chi connectivity index (χ3n) is 3.36. The Labute approximate surface area is 133 Å². The van der Waals surface area contributed by atoms with E-state index < -0.39 is 6.10 Å². The van der Waals surface area contributed by atoms with Crippen molar-refractivity contribution in [2.45, 2.75) is 20.0 Å². The molecule has 2 aromatic rings. The van der Waals surface area contributed by atoms with Crippen LogP contribution in [0.3, 0.4) is 0 Å². The number of ether oxygens (including phenoxy) is 1. The highest BCUT2D eigenvalue weighted by Gasteiger charge is 2.16. The quantitative estimate of drug-likeness (QED) is 0.935.